The Morgan fingerprint density at radius 2 is 2.11 bits per heavy atom. The minimum atomic E-state index is -3.79. The summed E-state index contributed by atoms with van der Waals surface area (Å²) in [7, 11) is -2.41. The molecule has 0 fully saturated rings. The standard InChI is InChI=1S/C11H15N3O4S/c1-8(2)7-13(3)19(17,18)9-4-5-10(12)11(6-9)14(15)16/h4-6H,1,7,12H2,2-3H3. The average molecular weight is 285 g/mol. The third-order valence-corrected chi connectivity index (χ3v) is 4.20. The third-order valence-electron chi connectivity index (χ3n) is 2.40. The molecule has 0 aliphatic heterocycles. The molecule has 0 radical (unpaired) electrons. The van der Waals surface area contributed by atoms with E-state index in [2.05, 4.69) is 6.58 Å². The number of nitro groups is 1. The molecule has 0 aliphatic carbocycles. The lowest BCUT2D eigenvalue weighted by molar-refractivity contribution is -0.384. The molecule has 7 nitrogen and oxygen atoms in total. The molecule has 0 amide bonds. The number of benzene rings is 1. The maximum absolute atomic E-state index is 12.2. The summed E-state index contributed by atoms with van der Waals surface area (Å²) in [5, 5.41) is 10.8. The number of rotatable bonds is 5. The van der Waals surface area contributed by atoms with Crippen LogP contribution in [0.15, 0.2) is 35.2 Å². The summed E-state index contributed by atoms with van der Waals surface area (Å²) in [6.07, 6.45) is 0. The van der Waals surface area contributed by atoms with E-state index in [-0.39, 0.29) is 17.1 Å². The molecule has 1 aromatic rings. The first-order chi connectivity index (χ1) is 8.66. The fourth-order valence-corrected chi connectivity index (χ4v) is 2.74. The first kappa shape index (κ1) is 15.1. The smallest absolute Gasteiger partial charge is 0.293 e. The highest BCUT2D eigenvalue weighted by atomic mass is 32.2. The molecular formula is C11H15N3O4S. The minimum Gasteiger partial charge on any atom is -0.393 e. The molecule has 104 valence electrons. The summed E-state index contributed by atoms with van der Waals surface area (Å²) < 4.78 is 25.4. The lowest BCUT2D eigenvalue weighted by Gasteiger charge is -2.17. The third kappa shape index (κ3) is 3.30. The monoisotopic (exact) mass is 285 g/mol. The highest BCUT2D eigenvalue weighted by Gasteiger charge is 2.24. The van der Waals surface area contributed by atoms with E-state index >= 15 is 0 Å². The largest absolute Gasteiger partial charge is 0.393 e. The molecule has 0 spiro atoms. The lowest BCUT2D eigenvalue weighted by Crippen LogP contribution is -2.28. The molecule has 0 bridgehead atoms. The lowest BCUT2D eigenvalue weighted by atomic mass is 10.3. The Morgan fingerprint density at radius 1 is 1.53 bits per heavy atom. The zero-order valence-corrected chi connectivity index (χ0v) is 11.5. The Labute approximate surface area is 111 Å². The van der Waals surface area contributed by atoms with Crippen molar-refractivity contribution in [3.05, 3.63) is 40.5 Å². The molecule has 2 N–H and O–H groups in total. The van der Waals surface area contributed by atoms with E-state index in [0.717, 1.165) is 10.4 Å². The van der Waals surface area contributed by atoms with Crippen LogP contribution < -0.4 is 5.73 Å². The van der Waals surface area contributed by atoms with Gasteiger partial charge in [-0.1, -0.05) is 12.2 Å². The number of nitrogen functional groups attached to an aromatic ring is 1. The first-order valence-corrected chi connectivity index (χ1v) is 6.75. The average Bonchev–Trinajstić information content (AvgIpc) is 2.27. The van der Waals surface area contributed by atoms with Crippen LogP contribution in [0.5, 0.6) is 0 Å². The molecule has 19 heavy (non-hydrogen) atoms. The Hall–Kier alpha value is -1.93. The van der Waals surface area contributed by atoms with Gasteiger partial charge >= 0.3 is 0 Å². The van der Waals surface area contributed by atoms with Crippen molar-refractivity contribution in [2.75, 3.05) is 19.3 Å². The number of anilines is 1. The van der Waals surface area contributed by atoms with Crippen molar-refractivity contribution >= 4 is 21.4 Å². The van der Waals surface area contributed by atoms with E-state index in [1.165, 1.54) is 19.2 Å². The second-order valence-electron chi connectivity index (χ2n) is 4.20. The molecule has 0 heterocycles. The quantitative estimate of drug-likeness (QED) is 0.380. The zero-order valence-electron chi connectivity index (χ0n) is 10.7. The Balaban J connectivity index is 3.26. The highest BCUT2D eigenvalue weighted by Crippen LogP contribution is 2.26. The van der Waals surface area contributed by atoms with Gasteiger partial charge in [0.1, 0.15) is 5.69 Å². The predicted octanol–water partition coefficient (Wildman–Crippen LogP) is 1.37. The predicted molar refractivity (Wildman–Crippen MR) is 72.1 cm³/mol. The summed E-state index contributed by atoms with van der Waals surface area (Å²) in [6, 6.07) is 3.41. The van der Waals surface area contributed by atoms with Crippen LogP contribution in [0.1, 0.15) is 6.92 Å². The van der Waals surface area contributed by atoms with Crippen LogP contribution in [0.25, 0.3) is 0 Å². The molecule has 0 unspecified atom stereocenters. The topological polar surface area (TPSA) is 107 Å². The maximum atomic E-state index is 12.2. The summed E-state index contributed by atoms with van der Waals surface area (Å²) in [5.74, 6) is 0. The van der Waals surface area contributed by atoms with Crippen LogP contribution in [0.4, 0.5) is 11.4 Å². The van der Waals surface area contributed by atoms with E-state index < -0.39 is 20.6 Å². The van der Waals surface area contributed by atoms with Crippen molar-refractivity contribution in [2.24, 2.45) is 0 Å². The number of hydrogen-bond acceptors (Lipinski definition) is 5. The van der Waals surface area contributed by atoms with Crippen molar-refractivity contribution in [1.82, 2.24) is 4.31 Å². The van der Waals surface area contributed by atoms with Crippen molar-refractivity contribution in [2.45, 2.75) is 11.8 Å². The van der Waals surface area contributed by atoms with E-state index in [4.69, 9.17) is 5.73 Å². The molecule has 0 saturated heterocycles. The van der Waals surface area contributed by atoms with Gasteiger partial charge in [-0.2, -0.15) is 4.31 Å². The van der Waals surface area contributed by atoms with Crippen molar-refractivity contribution in [1.29, 1.82) is 0 Å². The number of nitrogens with two attached hydrogens (primary N) is 1. The van der Waals surface area contributed by atoms with Gasteiger partial charge in [0.2, 0.25) is 10.0 Å². The van der Waals surface area contributed by atoms with Gasteiger partial charge in [0.25, 0.3) is 5.69 Å². The Kier molecular flexibility index (Phi) is 4.28. The zero-order chi connectivity index (χ0) is 14.8. The van der Waals surface area contributed by atoms with Gasteiger partial charge in [0.15, 0.2) is 0 Å². The molecule has 1 aromatic carbocycles. The summed E-state index contributed by atoms with van der Waals surface area (Å²) in [4.78, 5) is 9.87. The summed E-state index contributed by atoms with van der Waals surface area (Å²) in [5.41, 5.74) is 5.59. The molecule has 1 rings (SSSR count). The van der Waals surface area contributed by atoms with Crippen LogP contribution in [0.2, 0.25) is 0 Å². The molecule has 0 aromatic heterocycles. The van der Waals surface area contributed by atoms with E-state index in [0.29, 0.717) is 5.57 Å². The van der Waals surface area contributed by atoms with Crippen LogP contribution >= 0.6 is 0 Å². The van der Waals surface area contributed by atoms with Gasteiger partial charge in [0.05, 0.1) is 9.82 Å². The molecule has 8 heteroatoms. The minimum absolute atomic E-state index is 0.0773. The maximum Gasteiger partial charge on any atom is 0.293 e. The van der Waals surface area contributed by atoms with E-state index in [9.17, 15) is 18.5 Å². The van der Waals surface area contributed by atoms with Crippen LogP contribution in [-0.2, 0) is 10.0 Å². The number of nitro benzene ring substituents is 1. The van der Waals surface area contributed by atoms with Gasteiger partial charge < -0.3 is 5.73 Å². The fourth-order valence-electron chi connectivity index (χ4n) is 1.49. The van der Waals surface area contributed by atoms with Crippen LogP contribution in [0, 0.1) is 10.1 Å². The van der Waals surface area contributed by atoms with E-state index in [1.54, 1.807) is 6.92 Å². The van der Waals surface area contributed by atoms with Crippen LogP contribution in [0.3, 0.4) is 0 Å². The summed E-state index contributed by atoms with van der Waals surface area (Å²) in [6.45, 7) is 5.46. The van der Waals surface area contributed by atoms with Gasteiger partial charge in [-0.3, -0.25) is 10.1 Å². The molecule has 0 aliphatic rings. The highest BCUT2D eigenvalue weighted by molar-refractivity contribution is 7.89. The van der Waals surface area contributed by atoms with Crippen molar-refractivity contribution < 1.29 is 13.3 Å². The second-order valence-corrected chi connectivity index (χ2v) is 6.24. The van der Waals surface area contributed by atoms with Gasteiger partial charge in [-0.05, 0) is 19.1 Å². The van der Waals surface area contributed by atoms with Gasteiger partial charge in [0, 0.05) is 19.7 Å². The number of likely N-dealkylation sites (N-methyl/N-ethyl adjacent to an activating group) is 1. The normalized spacial score (nSPS) is 11.5. The molecule has 0 saturated carbocycles. The fraction of sp³-hybridized carbons (Fsp3) is 0.273. The van der Waals surface area contributed by atoms with E-state index in [1.807, 2.05) is 0 Å². The number of sulfonamides is 1. The Bertz CT molecular complexity index is 625. The number of nitrogens with zero attached hydrogens (tertiary/aromatic N) is 2. The molecule has 0 atom stereocenters. The van der Waals surface area contributed by atoms with Crippen LogP contribution in [-0.4, -0.2) is 31.2 Å². The Morgan fingerprint density at radius 3 is 2.58 bits per heavy atom. The van der Waals surface area contributed by atoms with Gasteiger partial charge in [-0.15, -0.1) is 0 Å². The van der Waals surface area contributed by atoms with Crippen molar-refractivity contribution in [3.63, 3.8) is 0 Å². The SMILES string of the molecule is C=C(C)CN(C)S(=O)(=O)c1ccc(N)c([N+](=O)[O-])c1. The van der Waals surface area contributed by atoms with Gasteiger partial charge in [-0.25, -0.2) is 8.42 Å². The first-order valence-electron chi connectivity index (χ1n) is 5.31. The summed E-state index contributed by atoms with van der Waals surface area (Å²) >= 11 is 0. The molecular weight excluding hydrogens is 270 g/mol. The second kappa shape index (κ2) is 5.37. The van der Waals surface area contributed by atoms with Crippen molar-refractivity contribution in [3.8, 4) is 0 Å². The number of hydrogen-bond donors (Lipinski definition) is 1.